The van der Waals surface area contributed by atoms with E-state index < -0.39 is 12.1 Å². The molecular weight excluding hydrogens is 533 g/mol. The van der Waals surface area contributed by atoms with Gasteiger partial charge in [-0.1, -0.05) is 37.5 Å². The SMILES string of the molecule is Cc1cc(COc2ccc(SCC3(CC(=O)NO)CCCCC3)cc2)c2ccccc2n1.O=C(O)C(F)(F)F. The maximum absolute atomic E-state index is 11.8. The van der Waals surface area contributed by atoms with E-state index in [0.717, 1.165) is 64.2 Å². The van der Waals surface area contributed by atoms with Gasteiger partial charge in [0.25, 0.3) is 0 Å². The van der Waals surface area contributed by atoms with Crippen LogP contribution < -0.4 is 10.2 Å². The lowest BCUT2D eigenvalue weighted by Crippen LogP contribution is -2.34. The zero-order valence-corrected chi connectivity index (χ0v) is 22.3. The third-order valence-electron chi connectivity index (χ3n) is 6.51. The standard InChI is InChI=1S/C26H30N2O3S.C2HF3O2/c1-19-15-20(23-7-3-4-8-24(23)27-19)17-31-21-9-11-22(12-10-21)32-18-26(16-25(29)28-30)13-5-2-6-14-26;3-2(4,5)1(6)7/h3-4,7-12,15,30H,2,5-6,13-14,16-18H2,1H3,(H,28,29);(H,6,7). The van der Waals surface area contributed by atoms with Gasteiger partial charge < -0.3 is 9.84 Å². The molecule has 0 radical (unpaired) electrons. The molecule has 0 spiro atoms. The first-order valence-electron chi connectivity index (χ1n) is 12.5. The Bertz CT molecular complexity index is 1260. The number of aryl methyl sites for hydroxylation is 1. The van der Waals surface area contributed by atoms with Crippen LogP contribution >= 0.6 is 11.8 Å². The number of amides is 1. The van der Waals surface area contributed by atoms with Crippen molar-refractivity contribution in [2.45, 2.75) is 63.1 Å². The van der Waals surface area contributed by atoms with Gasteiger partial charge in [0.1, 0.15) is 12.4 Å². The van der Waals surface area contributed by atoms with Crippen molar-refractivity contribution in [1.29, 1.82) is 0 Å². The van der Waals surface area contributed by atoms with E-state index in [1.807, 2.05) is 42.7 Å². The van der Waals surface area contributed by atoms with Crippen LogP contribution in [0.3, 0.4) is 0 Å². The van der Waals surface area contributed by atoms with Crippen LogP contribution in [0.25, 0.3) is 10.9 Å². The minimum atomic E-state index is -5.08. The lowest BCUT2D eigenvalue weighted by molar-refractivity contribution is -0.192. The summed E-state index contributed by atoms with van der Waals surface area (Å²) in [4.78, 5) is 26.5. The highest BCUT2D eigenvalue weighted by atomic mass is 32.2. The third kappa shape index (κ3) is 9.14. The minimum Gasteiger partial charge on any atom is -0.489 e. The number of carboxylic acids is 1. The zero-order chi connectivity index (χ0) is 28.5. The highest BCUT2D eigenvalue weighted by molar-refractivity contribution is 7.99. The quantitative estimate of drug-likeness (QED) is 0.159. The number of thioether (sulfide) groups is 1. The summed E-state index contributed by atoms with van der Waals surface area (Å²) in [5.74, 6) is -1.33. The fourth-order valence-corrected chi connectivity index (χ4v) is 5.79. The van der Waals surface area contributed by atoms with Crippen LogP contribution in [0.5, 0.6) is 5.75 Å². The first-order chi connectivity index (χ1) is 18.5. The number of hydrogen-bond acceptors (Lipinski definition) is 6. The van der Waals surface area contributed by atoms with E-state index >= 15 is 0 Å². The van der Waals surface area contributed by atoms with E-state index in [0.29, 0.717) is 13.0 Å². The molecule has 0 saturated heterocycles. The molecule has 3 aromatic rings. The van der Waals surface area contributed by atoms with Crippen LogP contribution in [0.15, 0.2) is 59.5 Å². The van der Waals surface area contributed by atoms with Crippen molar-refractivity contribution in [2.24, 2.45) is 5.41 Å². The Hall–Kier alpha value is -3.31. The maximum atomic E-state index is 11.8. The van der Waals surface area contributed by atoms with E-state index in [1.165, 1.54) is 6.42 Å². The van der Waals surface area contributed by atoms with Crippen LogP contribution in [0.4, 0.5) is 13.2 Å². The van der Waals surface area contributed by atoms with Crippen molar-refractivity contribution in [1.82, 2.24) is 10.5 Å². The monoisotopic (exact) mass is 564 g/mol. The van der Waals surface area contributed by atoms with Gasteiger partial charge in [-0.2, -0.15) is 13.2 Å². The fraction of sp³-hybridized carbons (Fsp3) is 0.393. The van der Waals surface area contributed by atoms with E-state index in [1.54, 1.807) is 11.8 Å². The highest BCUT2D eigenvalue weighted by Crippen LogP contribution is 2.43. The highest BCUT2D eigenvalue weighted by Gasteiger charge is 2.38. The zero-order valence-electron chi connectivity index (χ0n) is 21.5. The van der Waals surface area contributed by atoms with Crippen molar-refractivity contribution < 1.29 is 37.8 Å². The summed E-state index contributed by atoms with van der Waals surface area (Å²) >= 11 is 1.78. The number of halogens is 3. The molecule has 0 bridgehead atoms. The Kier molecular flexibility index (Phi) is 10.6. The van der Waals surface area contributed by atoms with E-state index in [9.17, 15) is 18.0 Å². The van der Waals surface area contributed by atoms with Crippen molar-refractivity contribution in [2.75, 3.05) is 5.75 Å². The molecule has 3 N–H and O–H groups in total. The normalized spacial score (nSPS) is 14.7. The number of carboxylic acid groups (broad SMARTS) is 1. The first kappa shape index (κ1) is 30.2. The summed E-state index contributed by atoms with van der Waals surface area (Å²) in [5.41, 5.74) is 4.89. The predicted octanol–water partition coefficient (Wildman–Crippen LogP) is 6.69. The second kappa shape index (κ2) is 13.7. The number of rotatable bonds is 8. The number of fused-ring (bicyclic) bond motifs is 1. The van der Waals surface area contributed by atoms with E-state index in [-0.39, 0.29) is 11.3 Å². The fourth-order valence-electron chi connectivity index (χ4n) is 4.60. The van der Waals surface area contributed by atoms with E-state index in [4.69, 9.17) is 19.8 Å². The number of benzene rings is 2. The Balaban J connectivity index is 0.000000532. The van der Waals surface area contributed by atoms with Gasteiger partial charge in [-0.3, -0.25) is 15.0 Å². The van der Waals surface area contributed by atoms with Gasteiger partial charge in [-0.05, 0) is 61.6 Å². The molecular formula is C28H31F3N2O5S. The summed E-state index contributed by atoms with van der Waals surface area (Å²) < 4.78 is 37.8. The number of hydroxylamine groups is 1. The molecule has 1 aliphatic carbocycles. The van der Waals surface area contributed by atoms with Gasteiger partial charge in [0.05, 0.1) is 5.52 Å². The molecule has 39 heavy (non-hydrogen) atoms. The van der Waals surface area contributed by atoms with Crippen molar-refractivity contribution in [3.05, 3.63) is 65.9 Å². The van der Waals surface area contributed by atoms with Crippen molar-refractivity contribution >= 4 is 34.5 Å². The molecule has 1 amide bonds. The summed E-state index contributed by atoms with van der Waals surface area (Å²) in [5, 5.41) is 17.2. The van der Waals surface area contributed by atoms with Crippen LogP contribution in [0.2, 0.25) is 0 Å². The molecule has 210 valence electrons. The number of carbonyl (C=O) groups is 2. The number of para-hydroxylation sites is 1. The van der Waals surface area contributed by atoms with Gasteiger partial charge in [0.15, 0.2) is 0 Å². The molecule has 1 fully saturated rings. The van der Waals surface area contributed by atoms with Gasteiger partial charge in [-0.15, -0.1) is 11.8 Å². The van der Waals surface area contributed by atoms with Crippen LogP contribution in [-0.2, 0) is 16.2 Å². The van der Waals surface area contributed by atoms with Gasteiger partial charge in [0, 0.05) is 33.7 Å². The lowest BCUT2D eigenvalue weighted by Gasteiger charge is -2.36. The first-order valence-corrected chi connectivity index (χ1v) is 13.4. The Morgan fingerprint density at radius 2 is 1.72 bits per heavy atom. The molecule has 1 aliphatic rings. The number of aliphatic carboxylic acids is 1. The molecule has 0 unspecified atom stereocenters. The number of ether oxygens (including phenoxy) is 1. The summed E-state index contributed by atoms with van der Waals surface area (Å²) in [7, 11) is 0. The average molecular weight is 565 g/mol. The average Bonchev–Trinajstić information content (AvgIpc) is 2.91. The minimum absolute atomic E-state index is 0.0365. The molecule has 7 nitrogen and oxygen atoms in total. The number of hydrogen-bond donors (Lipinski definition) is 3. The number of nitrogens with one attached hydrogen (secondary N) is 1. The number of nitrogens with zero attached hydrogens (tertiary/aromatic N) is 1. The number of carbonyl (C=O) groups excluding carboxylic acids is 1. The summed E-state index contributed by atoms with van der Waals surface area (Å²) in [6, 6.07) is 18.4. The molecule has 11 heteroatoms. The Labute approximate surface area is 228 Å². The van der Waals surface area contributed by atoms with Crippen LogP contribution in [-0.4, -0.2) is 39.1 Å². The molecule has 2 aromatic carbocycles. The van der Waals surface area contributed by atoms with Crippen LogP contribution in [0.1, 0.15) is 49.8 Å². The van der Waals surface area contributed by atoms with E-state index in [2.05, 4.69) is 29.2 Å². The Morgan fingerprint density at radius 3 is 2.33 bits per heavy atom. The van der Waals surface area contributed by atoms with Gasteiger partial charge in [-0.25, -0.2) is 10.3 Å². The topological polar surface area (TPSA) is 109 Å². The van der Waals surface area contributed by atoms with Crippen LogP contribution in [0, 0.1) is 12.3 Å². The summed E-state index contributed by atoms with van der Waals surface area (Å²) in [6.07, 6.45) is 0.898. The van der Waals surface area contributed by atoms with Gasteiger partial charge in [0.2, 0.25) is 5.91 Å². The second-order valence-electron chi connectivity index (χ2n) is 9.56. The number of aromatic nitrogens is 1. The third-order valence-corrected chi connectivity index (χ3v) is 7.87. The predicted molar refractivity (Wildman–Crippen MR) is 142 cm³/mol. The second-order valence-corrected chi connectivity index (χ2v) is 10.6. The lowest BCUT2D eigenvalue weighted by atomic mass is 9.73. The number of alkyl halides is 3. The maximum Gasteiger partial charge on any atom is 0.490 e. The molecule has 1 heterocycles. The number of pyridine rings is 1. The molecule has 4 rings (SSSR count). The molecule has 0 atom stereocenters. The smallest absolute Gasteiger partial charge is 0.489 e. The summed E-state index contributed by atoms with van der Waals surface area (Å²) in [6.45, 7) is 2.50. The molecule has 1 aromatic heterocycles. The van der Waals surface area contributed by atoms with Crippen molar-refractivity contribution in [3.63, 3.8) is 0 Å². The van der Waals surface area contributed by atoms with Gasteiger partial charge >= 0.3 is 12.1 Å². The molecule has 0 aliphatic heterocycles. The molecule has 1 saturated carbocycles. The van der Waals surface area contributed by atoms with Crippen molar-refractivity contribution in [3.8, 4) is 5.75 Å². The largest absolute Gasteiger partial charge is 0.490 e. The Morgan fingerprint density at radius 1 is 1.08 bits per heavy atom.